The Kier molecular flexibility index (Phi) is 6.88. The van der Waals surface area contributed by atoms with Crippen molar-refractivity contribution in [1.29, 1.82) is 0 Å². The molecule has 0 saturated heterocycles. The molecular formula is C5H8NO7S-. The van der Waals surface area contributed by atoms with Crippen LogP contribution in [0.5, 0.6) is 0 Å². The van der Waals surface area contributed by atoms with E-state index in [-0.39, 0.29) is 4.91 Å². The first kappa shape index (κ1) is 13.0. The van der Waals surface area contributed by atoms with Gasteiger partial charge in [0, 0.05) is 0 Å². The lowest BCUT2D eigenvalue weighted by atomic mass is 10.4. The Balaban J connectivity index is 4.18. The zero-order valence-corrected chi connectivity index (χ0v) is 7.87. The van der Waals surface area contributed by atoms with E-state index in [0.29, 0.717) is 12.0 Å². The van der Waals surface area contributed by atoms with Gasteiger partial charge in [-0.2, -0.15) is 0 Å². The average Bonchev–Trinajstić information content (AvgIpc) is 2.15. The lowest BCUT2D eigenvalue weighted by Gasteiger charge is -2.11. The molecule has 0 aliphatic heterocycles. The molecule has 0 amide bonds. The van der Waals surface area contributed by atoms with Gasteiger partial charge in [0.25, 0.3) is 0 Å². The van der Waals surface area contributed by atoms with Gasteiger partial charge < -0.3 is 20.9 Å². The second kappa shape index (κ2) is 7.41. The first-order chi connectivity index (χ1) is 6.61. The molecule has 8 nitrogen and oxygen atoms in total. The number of carboxylic acid groups (broad SMARTS) is 1. The molecule has 82 valence electrons. The van der Waals surface area contributed by atoms with Gasteiger partial charge in [-0.3, -0.25) is 4.79 Å². The van der Waals surface area contributed by atoms with Crippen molar-refractivity contribution < 1.29 is 29.3 Å². The number of carbonyl (C=O) groups is 1. The number of nitrogens with one attached hydrogen (secondary N) is 1. The Hall–Kier alpha value is -1.00. The highest BCUT2D eigenvalue weighted by molar-refractivity contribution is 7.98. The van der Waals surface area contributed by atoms with Crippen LogP contribution in [0.2, 0.25) is 0 Å². The van der Waals surface area contributed by atoms with Gasteiger partial charge in [0.15, 0.2) is 5.88 Å². The molecule has 0 bridgehead atoms. The molecule has 0 fully saturated rings. The monoisotopic (exact) mass is 226 g/mol. The zero-order chi connectivity index (χ0) is 11.0. The van der Waals surface area contributed by atoms with Gasteiger partial charge >= 0.3 is 5.97 Å². The fourth-order valence-electron chi connectivity index (χ4n) is 0.430. The molecule has 0 saturated carbocycles. The van der Waals surface area contributed by atoms with Crippen LogP contribution < -0.4 is 5.48 Å². The minimum absolute atomic E-state index is 0.246. The van der Waals surface area contributed by atoms with Crippen molar-refractivity contribution in [2.75, 3.05) is 7.11 Å². The maximum atomic E-state index is 10.2. The Labute approximate surface area is 83.1 Å². The third kappa shape index (κ3) is 5.61. The SMILES string of the molecule is COOOS/C(CC(=O)O)=C(\O)N[O-]. The standard InChI is InChI=1S/C5H8NO7S/c1-11-12-13-14-3(2-4(7)8)5(9)6-10/h6,9H,2H2,1H3,(H,7,8)/q-1/b5-3-. The molecule has 0 aliphatic carbocycles. The Morgan fingerprint density at radius 2 is 2.21 bits per heavy atom. The minimum Gasteiger partial charge on any atom is -0.759 e. The maximum Gasteiger partial charge on any atom is 0.308 e. The zero-order valence-electron chi connectivity index (χ0n) is 7.05. The highest BCUT2D eigenvalue weighted by Gasteiger charge is 2.11. The first-order valence-electron chi connectivity index (χ1n) is 3.17. The molecule has 0 aromatic heterocycles. The molecule has 0 heterocycles. The quantitative estimate of drug-likeness (QED) is 0.186. The second-order valence-corrected chi connectivity index (χ2v) is 2.63. The summed E-state index contributed by atoms with van der Waals surface area (Å²) in [6.45, 7) is 0. The number of carboxylic acids is 1. The van der Waals surface area contributed by atoms with Crippen LogP contribution in [0.4, 0.5) is 0 Å². The van der Waals surface area contributed by atoms with E-state index in [1.54, 1.807) is 0 Å². The van der Waals surface area contributed by atoms with Gasteiger partial charge in [-0.25, -0.2) is 4.89 Å². The van der Waals surface area contributed by atoms with Crippen LogP contribution in [0.25, 0.3) is 0 Å². The number of rotatable bonds is 7. The molecular weight excluding hydrogens is 218 g/mol. The van der Waals surface area contributed by atoms with Crippen LogP contribution in [0.1, 0.15) is 6.42 Å². The Bertz CT molecular complexity index is 218. The molecule has 3 N–H and O–H groups in total. The number of hydrogen-bond acceptors (Lipinski definition) is 8. The normalized spacial score (nSPS) is 12.1. The van der Waals surface area contributed by atoms with Crippen molar-refractivity contribution in [2.24, 2.45) is 0 Å². The molecule has 0 spiro atoms. The van der Waals surface area contributed by atoms with E-state index < -0.39 is 18.3 Å². The van der Waals surface area contributed by atoms with Crippen LogP contribution in [-0.4, -0.2) is 23.3 Å². The van der Waals surface area contributed by atoms with E-state index in [1.807, 2.05) is 0 Å². The van der Waals surface area contributed by atoms with Gasteiger partial charge in [0.2, 0.25) is 0 Å². The predicted molar refractivity (Wildman–Crippen MR) is 45.2 cm³/mol. The smallest absolute Gasteiger partial charge is 0.308 e. The van der Waals surface area contributed by atoms with E-state index in [0.717, 1.165) is 12.6 Å². The van der Waals surface area contributed by atoms with Crippen molar-refractivity contribution in [2.45, 2.75) is 6.42 Å². The summed E-state index contributed by atoms with van der Waals surface area (Å²) >= 11 is 0.346. The first-order valence-corrected chi connectivity index (χ1v) is 3.92. The van der Waals surface area contributed by atoms with E-state index in [4.69, 9.17) is 10.2 Å². The van der Waals surface area contributed by atoms with E-state index in [9.17, 15) is 10.0 Å². The number of hydroxylamine groups is 1. The van der Waals surface area contributed by atoms with Crippen molar-refractivity contribution >= 4 is 18.0 Å². The molecule has 0 unspecified atom stereocenters. The lowest BCUT2D eigenvalue weighted by molar-refractivity contribution is -0.447. The van der Waals surface area contributed by atoms with Crippen LogP contribution in [0.15, 0.2) is 10.8 Å². The van der Waals surface area contributed by atoms with Crippen molar-refractivity contribution in [1.82, 2.24) is 5.48 Å². The number of hydrogen-bond donors (Lipinski definition) is 3. The van der Waals surface area contributed by atoms with Gasteiger partial charge in [-0.15, -0.1) is 4.33 Å². The lowest BCUT2D eigenvalue weighted by Crippen LogP contribution is -2.08. The van der Waals surface area contributed by atoms with Crippen LogP contribution in [0.3, 0.4) is 0 Å². The summed E-state index contributed by atoms with van der Waals surface area (Å²) in [6.07, 6.45) is -0.585. The molecule has 0 aromatic rings. The van der Waals surface area contributed by atoms with Crippen LogP contribution in [0, 0.1) is 5.21 Å². The Morgan fingerprint density at radius 1 is 1.57 bits per heavy atom. The van der Waals surface area contributed by atoms with Gasteiger partial charge in [0.05, 0.1) is 30.5 Å². The molecule has 0 rings (SSSR count). The largest absolute Gasteiger partial charge is 0.759 e. The van der Waals surface area contributed by atoms with Crippen molar-refractivity contribution in [3.63, 3.8) is 0 Å². The maximum absolute atomic E-state index is 10.2. The highest BCUT2D eigenvalue weighted by Crippen LogP contribution is 2.22. The van der Waals surface area contributed by atoms with E-state index >= 15 is 0 Å². The summed E-state index contributed by atoms with van der Waals surface area (Å²) < 4.78 is 4.20. The fourth-order valence-corrected chi connectivity index (χ4v) is 0.898. The molecule has 0 aliphatic rings. The summed E-state index contributed by atoms with van der Waals surface area (Å²) in [4.78, 5) is 14.0. The minimum atomic E-state index is -1.24. The highest BCUT2D eigenvalue weighted by atomic mass is 32.2. The third-order valence-electron chi connectivity index (χ3n) is 0.903. The van der Waals surface area contributed by atoms with Gasteiger partial charge in [-0.05, 0) is 0 Å². The number of aliphatic hydroxyl groups is 1. The third-order valence-corrected chi connectivity index (χ3v) is 1.57. The van der Waals surface area contributed by atoms with Crippen molar-refractivity contribution in [3.05, 3.63) is 16.0 Å². The summed E-state index contributed by atoms with van der Waals surface area (Å²) in [6, 6.07) is 0. The number of aliphatic hydroxyl groups excluding tert-OH is 1. The fraction of sp³-hybridized carbons (Fsp3) is 0.400. The summed E-state index contributed by atoms with van der Waals surface area (Å²) in [5.41, 5.74) is 1.12. The predicted octanol–water partition coefficient (Wildman–Crippen LogP) is 0.433. The van der Waals surface area contributed by atoms with E-state index in [1.165, 1.54) is 0 Å². The van der Waals surface area contributed by atoms with Crippen LogP contribution >= 0.6 is 12.0 Å². The van der Waals surface area contributed by atoms with Crippen molar-refractivity contribution in [3.8, 4) is 0 Å². The second-order valence-electron chi connectivity index (χ2n) is 1.83. The summed E-state index contributed by atoms with van der Waals surface area (Å²) in [5, 5.41) is 31.2. The molecule has 9 heteroatoms. The topological polar surface area (TPSA) is 120 Å². The number of aliphatic carboxylic acids is 1. The van der Waals surface area contributed by atoms with Gasteiger partial charge in [0.1, 0.15) is 0 Å². The summed E-state index contributed by atoms with van der Waals surface area (Å²) in [7, 11) is 1.16. The van der Waals surface area contributed by atoms with Crippen LogP contribution in [-0.2, 0) is 19.1 Å². The molecule has 0 aromatic carbocycles. The molecule has 0 atom stereocenters. The van der Waals surface area contributed by atoms with E-state index in [2.05, 4.69) is 14.3 Å². The summed E-state index contributed by atoms with van der Waals surface area (Å²) in [5.74, 6) is -2.09. The molecule has 0 radical (unpaired) electrons. The van der Waals surface area contributed by atoms with Gasteiger partial charge in [-0.1, -0.05) is 5.04 Å². The Morgan fingerprint density at radius 3 is 2.64 bits per heavy atom. The molecule has 14 heavy (non-hydrogen) atoms. The average molecular weight is 226 g/mol.